The van der Waals surface area contributed by atoms with E-state index in [2.05, 4.69) is 0 Å². The van der Waals surface area contributed by atoms with Crippen molar-refractivity contribution in [1.82, 2.24) is 0 Å². The fraction of sp³-hybridized carbons (Fsp3) is 0.0833. The zero-order valence-corrected chi connectivity index (χ0v) is 8.51. The summed E-state index contributed by atoms with van der Waals surface area (Å²) in [7, 11) is 0. The van der Waals surface area contributed by atoms with Gasteiger partial charge in [-0.2, -0.15) is 0 Å². The largest absolute Gasteiger partial charge is 0.482 e. The van der Waals surface area contributed by atoms with Gasteiger partial charge in [-0.3, -0.25) is 0 Å². The van der Waals surface area contributed by atoms with Gasteiger partial charge in [0.25, 0.3) is 0 Å². The summed E-state index contributed by atoms with van der Waals surface area (Å²) in [4.78, 5) is 10.4. The van der Waals surface area contributed by atoms with E-state index in [-0.39, 0.29) is 6.61 Å². The van der Waals surface area contributed by atoms with Crippen molar-refractivity contribution >= 4 is 22.4 Å². The lowest BCUT2D eigenvalue weighted by Gasteiger charge is -2.06. The van der Waals surface area contributed by atoms with Gasteiger partial charge in [0.2, 0.25) is 0 Å². The molecule has 0 aliphatic heterocycles. The van der Waals surface area contributed by atoms with Gasteiger partial charge in [-0.1, -0.05) is 18.2 Å². The minimum Gasteiger partial charge on any atom is -0.482 e. The molecule has 0 bridgehead atoms. The monoisotopic (exact) mass is 217 g/mol. The summed E-state index contributed by atoms with van der Waals surface area (Å²) in [6.07, 6.45) is 0. The van der Waals surface area contributed by atoms with Gasteiger partial charge >= 0.3 is 5.97 Å². The normalized spacial score (nSPS) is 10.2. The molecule has 0 heterocycles. The molecule has 3 N–H and O–H groups in total. The van der Waals surface area contributed by atoms with Gasteiger partial charge < -0.3 is 15.6 Å². The number of rotatable bonds is 3. The van der Waals surface area contributed by atoms with Crippen LogP contribution in [0.3, 0.4) is 0 Å². The summed E-state index contributed by atoms with van der Waals surface area (Å²) >= 11 is 0. The minimum atomic E-state index is -0.999. The number of nitrogen functional groups attached to an aromatic ring is 1. The van der Waals surface area contributed by atoms with E-state index in [0.717, 1.165) is 10.8 Å². The number of hydrogen-bond donors (Lipinski definition) is 2. The first-order valence-corrected chi connectivity index (χ1v) is 4.79. The Morgan fingerprint density at radius 1 is 1.31 bits per heavy atom. The first-order chi connectivity index (χ1) is 7.66. The molecular formula is C12H11NO3. The Morgan fingerprint density at radius 2 is 2.12 bits per heavy atom. The molecule has 2 rings (SSSR count). The lowest BCUT2D eigenvalue weighted by molar-refractivity contribution is -0.139. The molecule has 0 aliphatic rings. The van der Waals surface area contributed by atoms with Crippen molar-refractivity contribution in [2.45, 2.75) is 0 Å². The first-order valence-electron chi connectivity index (χ1n) is 4.79. The molecule has 16 heavy (non-hydrogen) atoms. The van der Waals surface area contributed by atoms with Gasteiger partial charge in [0.1, 0.15) is 5.75 Å². The molecule has 0 aliphatic carbocycles. The van der Waals surface area contributed by atoms with Crippen LogP contribution < -0.4 is 10.5 Å². The van der Waals surface area contributed by atoms with Gasteiger partial charge in [0.15, 0.2) is 6.61 Å². The van der Waals surface area contributed by atoms with Crippen LogP contribution in [-0.4, -0.2) is 17.7 Å². The van der Waals surface area contributed by atoms with E-state index in [1.807, 2.05) is 18.2 Å². The highest BCUT2D eigenvalue weighted by molar-refractivity contribution is 5.93. The van der Waals surface area contributed by atoms with Gasteiger partial charge in [-0.25, -0.2) is 4.79 Å². The van der Waals surface area contributed by atoms with Crippen molar-refractivity contribution in [2.75, 3.05) is 12.3 Å². The number of ether oxygens (including phenoxy) is 1. The van der Waals surface area contributed by atoms with Gasteiger partial charge in [-0.05, 0) is 23.6 Å². The maximum absolute atomic E-state index is 10.4. The molecular weight excluding hydrogens is 206 g/mol. The summed E-state index contributed by atoms with van der Waals surface area (Å²) < 4.78 is 5.08. The van der Waals surface area contributed by atoms with Crippen molar-refractivity contribution in [3.8, 4) is 5.75 Å². The third-order valence-electron chi connectivity index (χ3n) is 2.25. The van der Waals surface area contributed by atoms with Crippen molar-refractivity contribution in [3.05, 3.63) is 36.4 Å². The lowest BCUT2D eigenvalue weighted by Crippen LogP contribution is -2.09. The predicted octanol–water partition coefficient (Wildman–Crippen LogP) is 1.89. The van der Waals surface area contributed by atoms with E-state index in [1.54, 1.807) is 18.2 Å². The zero-order valence-electron chi connectivity index (χ0n) is 8.51. The molecule has 0 aromatic heterocycles. The number of aliphatic carboxylic acids is 1. The van der Waals surface area contributed by atoms with Crippen LogP contribution in [0.4, 0.5) is 5.69 Å². The Bertz CT molecular complexity index is 537. The number of carboxylic acid groups (broad SMARTS) is 1. The summed E-state index contributed by atoms with van der Waals surface area (Å²) in [5.41, 5.74) is 6.46. The van der Waals surface area contributed by atoms with Crippen LogP contribution in [0.15, 0.2) is 36.4 Å². The van der Waals surface area contributed by atoms with Crippen LogP contribution in [0.5, 0.6) is 5.75 Å². The molecule has 2 aromatic rings. The lowest BCUT2D eigenvalue weighted by atomic mass is 10.1. The van der Waals surface area contributed by atoms with Crippen molar-refractivity contribution in [3.63, 3.8) is 0 Å². The van der Waals surface area contributed by atoms with Crippen molar-refractivity contribution in [1.29, 1.82) is 0 Å². The van der Waals surface area contributed by atoms with E-state index >= 15 is 0 Å². The number of benzene rings is 2. The number of carbonyl (C=O) groups is 1. The van der Waals surface area contributed by atoms with Crippen LogP contribution in [0, 0.1) is 0 Å². The molecule has 0 saturated carbocycles. The van der Waals surface area contributed by atoms with Crippen LogP contribution in [0.2, 0.25) is 0 Å². The Labute approximate surface area is 92.3 Å². The molecule has 0 unspecified atom stereocenters. The smallest absolute Gasteiger partial charge is 0.341 e. The molecule has 2 aromatic carbocycles. The molecule has 82 valence electrons. The molecule has 0 amide bonds. The molecule has 0 saturated heterocycles. The highest BCUT2D eigenvalue weighted by Crippen LogP contribution is 2.25. The third kappa shape index (κ3) is 2.06. The van der Waals surface area contributed by atoms with Gasteiger partial charge in [0.05, 0.1) is 0 Å². The molecule has 0 atom stereocenters. The van der Waals surface area contributed by atoms with Gasteiger partial charge in [0, 0.05) is 11.1 Å². The second kappa shape index (κ2) is 4.10. The standard InChI is InChI=1S/C12H11NO3/c13-11-3-1-2-8-4-5-9(6-10(8)11)16-7-12(14)15/h1-6H,7,13H2,(H,14,15). The van der Waals surface area contributed by atoms with Crippen molar-refractivity contribution < 1.29 is 14.6 Å². The Hall–Kier alpha value is -2.23. The average Bonchev–Trinajstić information content (AvgIpc) is 2.27. The van der Waals surface area contributed by atoms with Gasteiger partial charge in [-0.15, -0.1) is 0 Å². The highest BCUT2D eigenvalue weighted by atomic mass is 16.5. The number of carboxylic acids is 1. The molecule has 0 spiro atoms. The molecule has 4 heteroatoms. The van der Waals surface area contributed by atoms with Crippen LogP contribution in [0.25, 0.3) is 10.8 Å². The summed E-state index contributed by atoms with van der Waals surface area (Å²) in [5, 5.41) is 10.4. The number of nitrogens with two attached hydrogens (primary N) is 1. The highest BCUT2D eigenvalue weighted by Gasteiger charge is 2.02. The summed E-state index contributed by atoms with van der Waals surface area (Å²) in [5.74, 6) is -0.492. The zero-order chi connectivity index (χ0) is 11.5. The molecule has 0 fully saturated rings. The minimum absolute atomic E-state index is 0.349. The van der Waals surface area contributed by atoms with Crippen LogP contribution >= 0.6 is 0 Å². The molecule has 4 nitrogen and oxygen atoms in total. The van der Waals surface area contributed by atoms with E-state index in [1.165, 1.54) is 0 Å². The Kier molecular flexibility index (Phi) is 2.64. The second-order valence-electron chi connectivity index (χ2n) is 3.41. The van der Waals surface area contributed by atoms with Crippen molar-refractivity contribution in [2.24, 2.45) is 0 Å². The Balaban J connectivity index is 2.35. The van der Waals surface area contributed by atoms with Crippen LogP contribution in [-0.2, 0) is 4.79 Å². The van der Waals surface area contributed by atoms with E-state index in [0.29, 0.717) is 11.4 Å². The SMILES string of the molecule is Nc1cccc2ccc(OCC(=O)O)cc12. The fourth-order valence-electron chi connectivity index (χ4n) is 1.51. The number of anilines is 1. The Morgan fingerprint density at radius 3 is 2.88 bits per heavy atom. The molecule has 0 radical (unpaired) electrons. The van der Waals surface area contributed by atoms with E-state index < -0.39 is 5.97 Å². The second-order valence-corrected chi connectivity index (χ2v) is 3.41. The topological polar surface area (TPSA) is 72.5 Å². The quantitative estimate of drug-likeness (QED) is 0.770. The fourth-order valence-corrected chi connectivity index (χ4v) is 1.51. The van der Waals surface area contributed by atoms with E-state index in [9.17, 15) is 4.79 Å². The average molecular weight is 217 g/mol. The third-order valence-corrected chi connectivity index (χ3v) is 2.25. The van der Waals surface area contributed by atoms with E-state index in [4.69, 9.17) is 15.6 Å². The maximum atomic E-state index is 10.4. The first kappa shape index (κ1) is 10.3. The van der Waals surface area contributed by atoms with Crippen LogP contribution in [0.1, 0.15) is 0 Å². The summed E-state index contributed by atoms with van der Waals surface area (Å²) in [6.45, 7) is -0.349. The number of fused-ring (bicyclic) bond motifs is 1. The summed E-state index contributed by atoms with van der Waals surface area (Å²) in [6, 6.07) is 10.9. The maximum Gasteiger partial charge on any atom is 0.341 e. The predicted molar refractivity (Wildman–Crippen MR) is 61.5 cm³/mol. The number of hydrogen-bond acceptors (Lipinski definition) is 3.